The molecule has 1 heterocycles. The summed E-state index contributed by atoms with van der Waals surface area (Å²) in [5, 5.41) is 6.12. The maximum absolute atomic E-state index is 5.60. The van der Waals surface area contributed by atoms with Crippen LogP contribution in [-0.4, -0.2) is 13.3 Å². The zero-order valence-corrected chi connectivity index (χ0v) is 18.6. The fourth-order valence-corrected chi connectivity index (χ4v) is 5.37. The molecular weight excluding hydrogens is 404 g/mol. The van der Waals surface area contributed by atoms with Gasteiger partial charge in [0.1, 0.15) is 5.75 Å². The molecule has 0 saturated carbocycles. The standard InChI is InChI=1S/C30H26N2O/c1-33-29-18-15-20-7-2-3-8-23(20)27(29)19-31-22-16-13-21(14-17-22)30-26-11-6-10-24(26)25-9-4-5-12-28(25)32-30/h2-10,12-19,24,26,30,32H,11H2,1H3/t24-,26+,30-/m0/s1. The summed E-state index contributed by atoms with van der Waals surface area (Å²) in [4.78, 5) is 4.79. The molecule has 3 nitrogen and oxygen atoms in total. The van der Waals surface area contributed by atoms with Gasteiger partial charge in [-0.1, -0.05) is 72.8 Å². The molecule has 4 aromatic carbocycles. The van der Waals surface area contributed by atoms with E-state index in [9.17, 15) is 0 Å². The van der Waals surface area contributed by atoms with Crippen LogP contribution in [0, 0.1) is 5.92 Å². The van der Waals surface area contributed by atoms with E-state index in [0.29, 0.717) is 17.9 Å². The van der Waals surface area contributed by atoms with Gasteiger partial charge >= 0.3 is 0 Å². The summed E-state index contributed by atoms with van der Waals surface area (Å²) in [5.74, 6) is 1.87. The SMILES string of the molecule is COc1ccc2ccccc2c1C=Nc1ccc([C@@H]2Nc3ccccc3[C@@H]3C=CC[C@H]32)cc1. The van der Waals surface area contributed by atoms with E-state index in [1.54, 1.807) is 7.11 Å². The third kappa shape index (κ3) is 3.50. The molecule has 6 rings (SSSR count). The molecule has 0 unspecified atom stereocenters. The van der Waals surface area contributed by atoms with Crippen molar-refractivity contribution in [2.24, 2.45) is 10.9 Å². The number of nitrogens with one attached hydrogen (secondary N) is 1. The third-order valence-electron chi connectivity index (χ3n) is 7.02. The number of nitrogens with zero attached hydrogens (tertiary/aromatic N) is 1. The highest BCUT2D eigenvalue weighted by molar-refractivity contribution is 6.03. The molecule has 1 aliphatic heterocycles. The highest BCUT2D eigenvalue weighted by Crippen LogP contribution is 2.49. The lowest BCUT2D eigenvalue weighted by Crippen LogP contribution is -2.28. The van der Waals surface area contributed by atoms with Gasteiger partial charge in [0.05, 0.1) is 18.8 Å². The van der Waals surface area contributed by atoms with E-state index in [1.807, 2.05) is 18.3 Å². The maximum Gasteiger partial charge on any atom is 0.128 e. The highest BCUT2D eigenvalue weighted by Gasteiger charge is 2.37. The zero-order chi connectivity index (χ0) is 22.2. The number of rotatable bonds is 4. The van der Waals surface area contributed by atoms with Crippen molar-refractivity contribution in [3.8, 4) is 5.75 Å². The van der Waals surface area contributed by atoms with E-state index < -0.39 is 0 Å². The second-order valence-corrected chi connectivity index (χ2v) is 8.82. The lowest BCUT2D eigenvalue weighted by Gasteiger charge is -2.37. The number of fused-ring (bicyclic) bond motifs is 4. The number of benzene rings is 4. The zero-order valence-electron chi connectivity index (χ0n) is 18.6. The van der Waals surface area contributed by atoms with Crippen LogP contribution in [-0.2, 0) is 0 Å². The molecule has 1 N–H and O–H groups in total. The minimum atomic E-state index is 0.302. The first-order chi connectivity index (χ1) is 16.3. The van der Waals surface area contributed by atoms with Crippen LogP contribution < -0.4 is 10.1 Å². The minimum Gasteiger partial charge on any atom is -0.496 e. The van der Waals surface area contributed by atoms with E-state index >= 15 is 0 Å². The van der Waals surface area contributed by atoms with Gasteiger partial charge in [0, 0.05) is 23.4 Å². The van der Waals surface area contributed by atoms with Crippen LogP contribution >= 0.6 is 0 Å². The van der Waals surface area contributed by atoms with Crippen molar-refractivity contribution in [2.75, 3.05) is 12.4 Å². The average molecular weight is 431 g/mol. The molecule has 4 aromatic rings. The third-order valence-corrected chi connectivity index (χ3v) is 7.02. The minimum absolute atomic E-state index is 0.302. The molecule has 0 amide bonds. The molecule has 0 saturated heterocycles. The van der Waals surface area contributed by atoms with Gasteiger partial charge in [0.25, 0.3) is 0 Å². The summed E-state index contributed by atoms with van der Waals surface area (Å²) in [7, 11) is 1.71. The Bertz CT molecular complexity index is 1370. The number of ether oxygens (including phenoxy) is 1. The Balaban J connectivity index is 1.29. The van der Waals surface area contributed by atoms with Gasteiger partial charge in [-0.05, 0) is 58.5 Å². The fraction of sp³-hybridized carbons (Fsp3) is 0.167. The lowest BCUT2D eigenvalue weighted by molar-refractivity contribution is 0.415. The largest absolute Gasteiger partial charge is 0.496 e. The van der Waals surface area contributed by atoms with Crippen molar-refractivity contribution in [1.29, 1.82) is 0 Å². The van der Waals surface area contributed by atoms with Crippen LogP contribution in [0.15, 0.2) is 102 Å². The monoisotopic (exact) mass is 430 g/mol. The van der Waals surface area contributed by atoms with Gasteiger partial charge in [0.15, 0.2) is 0 Å². The van der Waals surface area contributed by atoms with E-state index in [-0.39, 0.29) is 0 Å². The van der Waals surface area contributed by atoms with E-state index in [0.717, 1.165) is 28.8 Å². The van der Waals surface area contributed by atoms with Crippen LogP contribution in [0.2, 0.25) is 0 Å². The topological polar surface area (TPSA) is 33.6 Å². The normalized spacial score (nSPS) is 21.1. The van der Waals surface area contributed by atoms with Gasteiger partial charge in [-0.15, -0.1) is 0 Å². The Kier molecular flexibility index (Phi) is 4.95. The molecule has 2 aliphatic rings. The van der Waals surface area contributed by atoms with Crippen molar-refractivity contribution in [1.82, 2.24) is 0 Å². The first kappa shape index (κ1) is 19.8. The molecule has 0 bridgehead atoms. The second kappa shape index (κ2) is 8.25. The van der Waals surface area contributed by atoms with Crippen LogP contribution in [0.3, 0.4) is 0 Å². The Hall–Kier alpha value is -3.85. The summed E-state index contributed by atoms with van der Waals surface area (Å²) in [6, 6.07) is 30.1. The lowest BCUT2D eigenvalue weighted by atomic mass is 9.77. The molecule has 0 fully saturated rings. The van der Waals surface area contributed by atoms with Crippen molar-refractivity contribution >= 4 is 28.4 Å². The van der Waals surface area contributed by atoms with Crippen LogP contribution in [0.5, 0.6) is 5.75 Å². The smallest absolute Gasteiger partial charge is 0.128 e. The first-order valence-corrected chi connectivity index (χ1v) is 11.5. The van der Waals surface area contributed by atoms with Crippen LogP contribution in [0.25, 0.3) is 10.8 Å². The van der Waals surface area contributed by atoms with Gasteiger partial charge in [0.2, 0.25) is 0 Å². The van der Waals surface area contributed by atoms with E-state index in [1.165, 1.54) is 22.2 Å². The molecular formula is C30H26N2O. The molecule has 33 heavy (non-hydrogen) atoms. The number of hydrogen-bond acceptors (Lipinski definition) is 3. The number of hydrogen-bond donors (Lipinski definition) is 1. The van der Waals surface area contributed by atoms with Gasteiger partial charge in [-0.3, -0.25) is 4.99 Å². The van der Waals surface area contributed by atoms with Crippen LogP contribution in [0.4, 0.5) is 11.4 Å². The predicted octanol–water partition coefficient (Wildman–Crippen LogP) is 7.43. The molecule has 0 aromatic heterocycles. The second-order valence-electron chi connectivity index (χ2n) is 8.82. The van der Waals surface area contributed by atoms with Crippen molar-refractivity contribution in [3.05, 3.63) is 114 Å². The van der Waals surface area contributed by atoms with E-state index in [2.05, 4.69) is 90.3 Å². The predicted molar refractivity (Wildman–Crippen MR) is 137 cm³/mol. The first-order valence-electron chi connectivity index (χ1n) is 11.5. The Labute approximate surface area is 194 Å². The van der Waals surface area contributed by atoms with Crippen LogP contribution in [0.1, 0.15) is 35.1 Å². The maximum atomic E-state index is 5.60. The molecule has 0 spiro atoms. The Morgan fingerprint density at radius 3 is 2.61 bits per heavy atom. The highest BCUT2D eigenvalue weighted by atomic mass is 16.5. The summed E-state index contributed by atoms with van der Waals surface area (Å²) >= 11 is 0. The molecule has 3 atom stereocenters. The number of methoxy groups -OCH3 is 1. The summed E-state index contributed by atoms with van der Waals surface area (Å²) in [6.07, 6.45) is 7.75. The average Bonchev–Trinajstić information content (AvgIpc) is 3.37. The fourth-order valence-electron chi connectivity index (χ4n) is 5.37. The van der Waals surface area contributed by atoms with Gasteiger partial charge < -0.3 is 10.1 Å². The Morgan fingerprint density at radius 1 is 0.909 bits per heavy atom. The summed E-state index contributed by atoms with van der Waals surface area (Å²) in [6.45, 7) is 0. The van der Waals surface area contributed by atoms with Crippen molar-refractivity contribution in [2.45, 2.75) is 18.4 Å². The van der Waals surface area contributed by atoms with Crippen molar-refractivity contribution < 1.29 is 4.74 Å². The number of anilines is 1. The van der Waals surface area contributed by atoms with E-state index in [4.69, 9.17) is 9.73 Å². The van der Waals surface area contributed by atoms with Gasteiger partial charge in [-0.25, -0.2) is 0 Å². The summed E-state index contributed by atoms with van der Waals surface area (Å²) < 4.78 is 5.60. The molecule has 3 heteroatoms. The van der Waals surface area contributed by atoms with Gasteiger partial charge in [-0.2, -0.15) is 0 Å². The Morgan fingerprint density at radius 2 is 1.73 bits per heavy atom. The van der Waals surface area contributed by atoms with Crippen molar-refractivity contribution in [3.63, 3.8) is 0 Å². The molecule has 0 radical (unpaired) electrons. The number of allylic oxidation sites excluding steroid dienone is 2. The molecule has 1 aliphatic carbocycles. The quantitative estimate of drug-likeness (QED) is 0.270. The molecule has 162 valence electrons. The summed E-state index contributed by atoms with van der Waals surface area (Å²) in [5.41, 5.74) is 5.92. The number of para-hydroxylation sites is 1. The number of aliphatic imine (C=N–C) groups is 1.